The Morgan fingerprint density at radius 1 is 1.14 bits per heavy atom. The van der Waals surface area contributed by atoms with Crippen LogP contribution in [-0.2, 0) is 10.0 Å². The van der Waals surface area contributed by atoms with Crippen molar-refractivity contribution in [2.75, 3.05) is 17.0 Å². The summed E-state index contributed by atoms with van der Waals surface area (Å²) < 4.78 is 72.8. The minimum Gasteiger partial charge on any atom is -0.457 e. The zero-order chi connectivity index (χ0) is 21.1. The molecule has 0 saturated carbocycles. The van der Waals surface area contributed by atoms with E-state index < -0.39 is 16.4 Å². The maximum absolute atomic E-state index is 12.3. The van der Waals surface area contributed by atoms with Crippen molar-refractivity contribution in [3.63, 3.8) is 0 Å². The third-order valence-electron chi connectivity index (χ3n) is 4.38. The summed E-state index contributed by atoms with van der Waals surface area (Å²) in [5.41, 5.74) is 1.20. The lowest BCUT2D eigenvalue weighted by atomic mass is 10.0. The predicted molar refractivity (Wildman–Crippen MR) is 103 cm³/mol. The van der Waals surface area contributed by atoms with Crippen molar-refractivity contribution in [2.45, 2.75) is 32.2 Å². The van der Waals surface area contributed by atoms with E-state index in [9.17, 15) is 21.6 Å². The molecule has 2 aromatic rings. The number of ether oxygens (including phenoxy) is 2. The van der Waals surface area contributed by atoms with Crippen molar-refractivity contribution in [2.24, 2.45) is 0 Å². The topological polar surface area (TPSA) is 76.7 Å². The zero-order valence-electron chi connectivity index (χ0n) is 15.6. The van der Waals surface area contributed by atoms with Crippen molar-refractivity contribution in [1.82, 2.24) is 5.32 Å². The fourth-order valence-corrected chi connectivity index (χ4v) is 3.65. The first-order valence-corrected chi connectivity index (χ1v) is 10.7. The summed E-state index contributed by atoms with van der Waals surface area (Å²) in [5.74, 6) is 0.440. The monoisotopic (exact) mass is 430 g/mol. The fourth-order valence-electron chi connectivity index (χ4n) is 3.02. The number of rotatable bonds is 7. The summed E-state index contributed by atoms with van der Waals surface area (Å²) in [6.07, 6.45) is -2.93. The van der Waals surface area contributed by atoms with Gasteiger partial charge in [0.1, 0.15) is 17.2 Å². The molecule has 1 heterocycles. The van der Waals surface area contributed by atoms with E-state index in [1.54, 1.807) is 25.1 Å². The maximum atomic E-state index is 12.3. The van der Waals surface area contributed by atoms with Gasteiger partial charge in [-0.25, -0.2) is 8.42 Å². The number of anilines is 1. The van der Waals surface area contributed by atoms with Crippen LogP contribution >= 0.6 is 0 Å². The molecule has 0 spiro atoms. The van der Waals surface area contributed by atoms with Gasteiger partial charge in [0.05, 0.1) is 5.75 Å². The lowest BCUT2D eigenvalue weighted by molar-refractivity contribution is -0.274. The molecule has 3 rings (SSSR count). The number of hydrogen-bond acceptors (Lipinski definition) is 5. The van der Waals surface area contributed by atoms with Crippen LogP contribution in [0.2, 0.25) is 0 Å². The molecular weight excluding hydrogens is 409 g/mol. The molecule has 1 atom stereocenters. The first kappa shape index (κ1) is 21.3. The van der Waals surface area contributed by atoms with Crippen molar-refractivity contribution in [3.05, 3.63) is 48.0 Å². The molecule has 10 heteroatoms. The average Bonchev–Trinajstić information content (AvgIpc) is 3.18. The van der Waals surface area contributed by atoms with Crippen LogP contribution in [0.4, 0.5) is 18.9 Å². The van der Waals surface area contributed by atoms with Gasteiger partial charge >= 0.3 is 6.36 Å². The van der Waals surface area contributed by atoms with Crippen LogP contribution in [0.3, 0.4) is 0 Å². The van der Waals surface area contributed by atoms with E-state index in [0.29, 0.717) is 17.2 Å². The number of alkyl halides is 3. The van der Waals surface area contributed by atoms with Crippen molar-refractivity contribution < 1.29 is 31.1 Å². The molecular formula is C19H21F3N2O4S. The molecule has 1 saturated heterocycles. The molecule has 0 amide bonds. The molecule has 1 aliphatic rings. The first-order chi connectivity index (χ1) is 13.6. The van der Waals surface area contributed by atoms with Crippen molar-refractivity contribution in [1.29, 1.82) is 0 Å². The summed E-state index contributed by atoms with van der Waals surface area (Å²) in [6.45, 7) is 2.38. The molecule has 6 nitrogen and oxygen atoms in total. The van der Waals surface area contributed by atoms with Crippen LogP contribution in [0.25, 0.3) is 0 Å². The molecule has 1 fully saturated rings. The predicted octanol–water partition coefficient (Wildman–Crippen LogP) is 4.56. The first-order valence-electron chi connectivity index (χ1n) is 9.07. The summed E-state index contributed by atoms with van der Waals surface area (Å²) >= 11 is 0. The Morgan fingerprint density at radius 2 is 1.83 bits per heavy atom. The van der Waals surface area contributed by atoms with E-state index in [2.05, 4.69) is 14.8 Å². The van der Waals surface area contributed by atoms with Crippen molar-refractivity contribution >= 4 is 15.7 Å². The minimum atomic E-state index is -4.76. The molecule has 0 bridgehead atoms. The Bertz CT molecular complexity index is 941. The molecule has 1 aliphatic heterocycles. The van der Waals surface area contributed by atoms with Gasteiger partial charge in [-0.15, -0.1) is 13.2 Å². The lowest BCUT2D eigenvalue weighted by Crippen LogP contribution is -2.17. The Kier molecular flexibility index (Phi) is 6.23. The summed E-state index contributed by atoms with van der Waals surface area (Å²) in [5, 5.41) is 3.34. The second-order valence-electron chi connectivity index (χ2n) is 6.53. The van der Waals surface area contributed by atoms with Gasteiger partial charge in [0.15, 0.2) is 0 Å². The van der Waals surface area contributed by atoms with Gasteiger partial charge in [-0.3, -0.25) is 4.72 Å². The number of sulfonamides is 1. The normalized spacial score (nSPS) is 17.2. The Labute approximate surface area is 167 Å². The highest BCUT2D eigenvalue weighted by molar-refractivity contribution is 7.92. The van der Waals surface area contributed by atoms with E-state index in [1.807, 2.05) is 0 Å². The van der Waals surface area contributed by atoms with Gasteiger partial charge in [0, 0.05) is 17.3 Å². The smallest absolute Gasteiger partial charge is 0.457 e. The summed E-state index contributed by atoms with van der Waals surface area (Å²) in [4.78, 5) is 0. The highest BCUT2D eigenvalue weighted by Crippen LogP contribution is 2.36. The Balaban J connectivity index is 1.84. The number of halogens is 3. The van der Waals surface area contributed by atoms with Crippen LogP contribution in [0.15, 0.2) is 42.5 Å². The number of benzene rings is 2. The van der Waals surface area contributed by atoms with Gasteiger partial charge in [-0.2, -0.15) is 0 Å². The SMILES string of the molecule is CCS(=O)(=O)Nc1ccc(Oc2ccc(OC(F)(F)F)cc2)c(C2CCCN2)c1. The second kappa shape index (κ2) is 8.50. The molecule has 0 aromatic heterocycles. The highest BCUT2D eigenvalue weighted by atomic mass is 32.2. The number of nitrogens with one attached hydrogen (secondary N) is 2. The van der Waals surface area contributed by atoms with E-state index in [1.165, 1.54) is 24.3 Å². The molecule has 0 radical (unpaired) electrons. The van der Waals surface area contributed by atoms with E-state index >= 15 is 0 Å². The van der Waals surface area contributed by atoms with E-state index in [4.69, 9.17) is 4.74 Å². The van der Waals surface area contributed by atoms with E-state index in [0.717, 1.165) is 24.9 Å². The van der Waals surface area contributed by atoms with E-state index in [-0.39, 0.29) is 17.5 Å². The molecule has 2 N–H and O–H groups in total. The zero-order valence-corrected chi connectivity index (χ0v) is 16.4. The average molecular weight is 430 g/mol. The lowest BCUT2D eigenvalue weighted by Gasteiger charge is -2.18. The number of hydrogen-bond donors (Lipinski definition) is 2. The standard InChI is InChI=1S/C19H21F3N2O4S/c1-2-29(25,26)24-13-5-10-18(16(12-13)17-4-3-11-23-17)27-14-6-8-15(9-7-14)28-19(20,21)22/h5-10,12,17,23-24H,2-4,11H2,1H3. The van der Waals surface area contributed by atoms with Crippen LogP contribution in [0.5, 0.6) is 17.2 Å². The maximum Gasteiger partial charge on any atom is 0.573 e. The van der Waals surface area contributed by atoms with Crippen LogP contribution < -0.4 is 19.5 Å². The van der Waals surface area contributed by atoms with Gasteiger partial charge in [-0.05, 0) is 68.8 Å². The Morgan fingerprint density at radius 3 is 2.41 bits per heavy atom. The molecule has 2 aromatic carbocycles. The van der Waals surface area contributed by atoms with Gasteiger partial charge < -0.3 is 14.8 Å². The molecule has 0 aliphatic carbocycles. The van der Waals surface area contributed by atoms with Gasteiger partial charge in [0.2, 0.25) is 10.0 Å². The highest BCUT2D eigenvalue weighted by Gasteiger charge is 2.31. The summed E-state index contributed by atoms with van der Waals surface area (Å²) in [6, 6.07) is 10.0. The van der Waals surface area contributed by atoms with Gasteiger partial charge in [-0.1, -0.05) is 0 Å². The van der Waals surface area contributed by atoms with Gasteiger partial charge in [0.25, 0.3) is 0 Å². The Hall–Kier alpha value is -2.46. The third kappa shape index (κ3) is 6.01. The largest absolute Gasteiger partial charge is 0.573 e. The fraction of sp³-hybridized carbons (Fsp3) is 0.368. The second-order valence-corrected chi connectivity index (χ2v) is 8.54. The molecule has 158 valence electrons. The quantitative estimate of drug-likeness (QED) is 0.673. The van der Waals surface area contributed by atoms with Crippen LogP contribution in [0, 0.1) is 0 Å². The third-order valence-corrected chi connectivity index (χ3v) is 5.69. The van der Waals surface area contributed by atoms with Crippen molar-refractivity contribution in [3.8, 4) is 17.2 Å². The van der Waals surface area contributed by atoms with Crippen LogP contribution in [0.1, 0.15) is 31.4 Å². The minimum absolute atomic E-state index is 0.0103. The summed E-state index contributed by atoms with van der Waals surface area (Å²) in [7, 11) is -3.42. The molecule has 1 unspecified atom stereocenters. The molecule has 29 heavy (non-hydrogen) atoms. The van der Waals surface area contributed by atoms with Crippen LogP contribution in [-0.4, -0.2) is 27.1 Å².